The van der Waals surface area contributed by atoms with E-state index in [1.165, 1.54) is 41.7 Å². The van der Waals surface area contributed by atoms with E-state index in [4.69, 9.17) is 0 Å². The van der Waals surface area contributed by atoms with Crippen LogP contribution in [0.4, 0.5) is 8.78 Å². The van der Waals surface area contributed by atoms with E-state index in [0.717, 1.165) is 5.56 Å². The summed E-state index contributed by atoms with van der Waals surface area (Å²) in [5.41, 5.74) is 3.22. The number of nitrogens with zero attached hydrogens (tertiary/aromatic N) is 5. The number of rotatable bonds is 5. The van der Waals surface area contributed by atoms with Crippen LogP contribution >= 0.6 is 0 Å². The number of halogens is 2. The number of fused-ring (bicyclic) bond motifs is 1. The molecule has 0 aliphatic carbocycles. The number of alkyl halides is 2. The largest absolute Gasteiger partial charge is 0.293 e. The van der Waals surface area contributed by atoms with Gasteiger partial charge < -0.3 is 0 Å². The molecule has 3 aromatic heterocycles. The summed E-state index contributed by atoms with van der Waals surface area (Å²) in [4.78, 5) is 25.2. The number of amides is 1. The fourth-order valence-corrected chi connectivity index (χ4v) is 3.82. The Hall–Kier alpha value is -3.60. The highest BCUT2D eigenvalue weighted by Crippen LogP contribution is 2.26. The molecule has 4 rings (SSSR count). The topological polar surface area (TPSA) is 102 Å². The first-order valence-corrected chi connectivity index (χ1v) is 12.2. The lowest BCUT2D eigenvalue weighted by atomic mass is 10.0. The summed E-state index contributed by atoms with van der Waals surface area (Å²) in [7, 11) is -2.76. The van der Waals surface area contributed by atoms with Crippen molar-refractivity contribution in [1.82, 2.24) is 29.3 Å². The van der Waals surface area contributed by atoms with Crippen molar-refractivity contribution in [1.29, 1.82) is 0 Å². The first-order valence-electron chi connectivity index (χ1n) is 9.55. The number of aryl methyl sites for hydroxylation is 1. The third kappa shape index (κ3) is 4.52. The summed E-state index contributed by atoms with van der Waals surface area (Å²) in [6.07, 6.45) is 3.08. The Morgan fingerprint density at radius 1 is 1.06 bits per heavy atom. The molecule has 0 spiro atoms. The molecule has 32 heavy (non-hydrogen) atoms. The normalized spacial score (nSPS) is 12.3. The first-order chi connectivity index (χ1) is 15.1. The van der Waals surface area contributed by atoms with Gasteiger partial charge in [-0.3, -0.25) is 13.7 Å². The lowest BCUT2D eigenvalue weighted by Crippen LogP contribution is -2.34. The Morgan fingerprint density at radius 3 is 2.53 bits per heavy atom. The highest BCUT2D eigenvalue weighted by Gasteiger charge is 2.16. The number of carbonyl (C=O) groups excluding carboxylic acids is 1. The number of hydrogen-bond acceptors (Lipinski definition) is 6. The summed E-state index contributed by atoms with van der Waals surface area (Å²) in [6, 6.07) is 9.55. The van der Waals surface area contributed by atoms with Gasteiger partial charge in [-0.05, 0) is 59.0 Å². The van der Waals surface area contributed by atoms with Crippen LogP contribution in [0.15, 0.2) is 48.9 Å². The molecular formula is C21H20F2N6O2S. The van der Waals surface area contributed by atoms with E-state index in [1.54, 1.807) is 18.2 Å². The van der Waals surface area contributed by atoms with E-state index < -0.39 is 22.5 Å². The fraction of sp³-hybridized carbons (Fsp3) is 0.190. The minimum atomic E-state index is -2.76. The number of thiol groups is 1. The molecule has 0 radical (unpaired) electrons. The Balaban J connectivity index is 1.76. The van der Waals surface area contributed by atoms with Crippen LogP contribution in [0.1, 0.15) is 28.0 Å². The molecule has 1 aromatic carbocycles. The van der Waals surface area contributed by atoms with Crippen LogP contribution < -0.4 is 4.72 Å². The minimum Gasteiger partial charge on any atom is -0.293 e. The summed E-state index contributed by atoms with van der Waals surface area (Å²) in [5, 5.41) is 3.96. The zero-order valence-corrected chi connectivity index (χ0v) is 18.3. The summed E-state index contributed by atoms with van der Waals surface area (Å²) < 4.78 is 42.0. The van der Waals surface area contributed by atoms with Crippen molar-refractivity contribution in [3.63, 3.8) is 0 Å². The molecular weight excluding hydrogens is 438 g/mol. The van der Waals surface area contributed by atoms with Crippen LogP contribution in [-0.2, 0) is 10.1 Å². The van der Waals surface area contributed by atoms with Gasteiger partial charge in [-0.15, -0.1) is 0 Å². The zero-order chi connectivity index (χ0) is 23.0. The molecule has 1 N–H and O–H groups in total. The van der Waals surface area contributed by atoms with Crippen LogP contribution in [0.3, 0.4) is 0 Å². The molecule has 4 aromatic rings. The Morgan fingerprint density at radius 2 is 1.81 bits per heavy atom. The monoisotopic (exact) mass is 458 g/mol. The van der Waals surface area contributed by atoms with Crippen molar-refractivity contribution in [3.05, 3.63) is 65.7 Å². The van der Waals surface area contributed by atoms with E-state index in [2.05, 4.69) is 24.8 Å². The molecule has 166 valence electrons. The molecule has 0 saturated carbocycles. The Bertz CT molecular complexity index is 1380. The van der Waals surface area contributed by atoms with Gasteiger partial charge in [0.2, 0.25) is 0 Å². The number of imidazole rings is 1. The molecule has 8 nitrogen and oxygen atoms in total. The van der Waals surface area contributed by atoms with E-state index >= 15 is 0 Å². The predicted octanol–water partition coefficient (Wildman–Crippen LogP) is 3.02. The van der Waals surface area contributed by atoms with Gasteiger partial charge in [0, 0.05) is 23.6 Å². The van der Waals surface area contributed by atoms with Gasteiger partial charge in [0.15, 0.2) is 5.65 Å². The molecule has 0 atom stereocenters. The average Bonchev–Trinajstić information content (AvgIpc) is 3.15. The second kappa shape index (κ2) is 8.15. The van der Waals surface area contributed by atoms with Gasteiger partial charge in [0.1, 0.15) is 17.7 Å². The maximum Gasteiger partial charge on any atom is 0.282 e. The lowest BCUT2D eigenvalue weighted by molar-refractivity contribution is 0.0982. The van der Waals surface area contributed by atoms with Gasteiger partial charge in [-0.1, -0.05) is 0 Å². The number of aromatic nitrogens is 5. The second-order valence-electron chi connectivity index (χ2n) is 7.64. The number of hydrogen-bond donors (Lipinski definition) is 2. The summed E-state index contributed by atoms with van der Waals surface area (Å²) in [6.45, 7) is 1.83. The fourth-order valence-electron chi connectivity index (χ4n) is 3.20. The van der Waals surface area contributed by atoms with Crippen LogP contribution in [0.25, 0.3) is 28.3 Å². The molecule has 0 fully saturated rings. The third-order valence-electron chi connectivity index (χ3n) is 4.54. The Labute approximate surface area is 183 Å². The molecule has 0 unspecified atom stereocenters. The first kappa shape index (κ1) is 21.6. The maximum absolute atomic E-state index is 13.1. The lowest BCUT2D eigenvalue weighted by Gasteiger charge is -2.15. The zero-order valence-electron chi connectivity index (χ0n) is 17.5. The molecule has 0 aliphatic heterocycles. The number of carbonyl (C=O) groups is 1. The van der Waals surface area contributed by atoms with Gasteiger partial charge in [-0.2, -0.15) is 5.10 Å². The van der Waals surface area contributed by atoms with Gasteiger partial charge in [-0.25, -0.2) is 28.2 Å². The summed E-state index contributed by atoms with van der Waals surface area (Å²) in [5.74, 6) is -0.442. The van der Waals surface area contributed by atoms with Gasteiger partial charge >= 0.3 is 0 Å². The van der Waals surface area contributed by atoms with Crippen LogP contribution in [0.2, 0.25) is 0 Å². The number of benzene rings is 1. The van der Waals surface area contributed by atoms with Gasteiger partial charge in [0.25, 0.3) is 12.3 Å². The minimum absolute atomic E-state index is 0.349. The van der Waals surface area contributed by atoms with Crippen molar-refractivity contribution in [2.75, 3.05) is 12.5 Å². The predicted molar refractivity (Wildman–Crippen MR) is 118 cm³/mol. The molecule has 1 amide bonds. The van der Waals surface area contributed by atoms with Crippen LogP contribution in [0.5, 0.6) is 0 Å². The van der Waals surface area contributed by atoms with Crippen LogP contribution in [-0.4, -0.2) is 47.2 Å². The van der Waals surface area contributed by atoms with Crippen LogP contribution in [0, 0.1) is 6.92 Å². The van der Waals surface area contributed by atoms with Crippen molar-refractivity contribution in [2.45, 2.75) is 13.3 Å². The van der Waals surface area contributed by atoms with E-state index in [0.29, 0.717) is 33.9 Å². The smallest absolute Gasteiger partial charge is 0.282 e. The standard InChI is InChI=1S/C21H20F2N6O2S/c1-12-6-13(8-14(7-12)21(30)28-32(2,3)31)16-9-17(26-11-25-16)18-10-24-19-5-4-15(20(22)23)27-29(18)19/h4-11,20,32H,1-3H3,(H,28,30,31). The maximum atomic E-state index is 13.1. The molecule has 0 aliphatic rings. The highest BCUT2D eigenvalue weighted by atomic mass is 32.3. The quantitative estimate of drug-likeness (QED) is 0.446. The highest BCUT2D eigenvalue weighted by molar-refractivity contribution is 8.00. The van der Waals surface area contributed by atoms with Gasteiger partial charge in [0.05, 0.1) is 17.6 Å². The number of nitrogens with one attached hydrogen (secondary N) is 1. The van der Waals surface area contributed by atoms with Crippen molar-refractivity contribution in [3.8, 4) is 22.6 Å². The molecule has 11 heteroatoms. The Kier molecular flexibility index (Phi) is 5.51. The van der Waals surface area contributed by atoms with E-state index in [9.17, 15) is 17.8 Å². The molecule has 3 heterocycles. The third-order valence-corrected chi connectivity index (χ3v) is 5.28. The molecule has 0 bridgehead atoms. The van der Waals surface area contributed by atoms with Crippen molar-refractivity contribution >= 4 is 21.7 Å². The van der Waals surface area contributed by atoms with E-state index in [1.807, 2.05) is 13.0 Å². The summed E-state index contributed by atoms with van der Waals surface area (Å²) >= 11 is 0. The average molecular weight is 458 g/mol. The van der Waals surface area contributed by atoms with Crippen molar-refractivity contribution < 1.29 is 17.8 Å². The van der Waals surface area contributed by atoms with E-state index in [-0.39, 0.29) is 5.69 Å². The SMILES string of the molecule is Cc1cc(C(=O)N[SH](C)(C)=O)cc(-c2cc(-c3cnc4ccc(C(F)F)nn34)ncn2)c1. The molecule has 0 saturated heterocycles. The second-order valence-corrected chi connectivity index (χ2v) is 10.6. The van der Waals surface area contributed by atoms with Crippen molar-refractivity contribution in [2.24, 2.45) is 0 Å².